The van der Waals surface area contributed by atoms with Crippen LogP contribution in [0.3, 0.4) is 0 Å². The van der Waals surface area contributed by atoms with Crippen molar-refractivity contribution >= 4 is 6.09 Å². The Morgan fingerprint density at radius 2 is 2.46 bits per heavy atom. The zero-order valence-electron chi connectivity index (χ0n) is 7.86. The summed E-state index contributed by atoms with van der Waals surface area (Å²) in [4.78, 5) is 12.9. The molecule has 1 fully saturated rings. The summed E-state index contributed by atoms with van der Waals surface area (Å²) < 4.78 is 9.97. The van der Waals surface area contributed by atoms with Gasteiger partial charge in [-0.1, -0.05) is 0 Å². The monoisotopic (exact) mass is 188 g/mol. The number of likely N-dealkylation sites (N-methyl/N-ethyl adjacent to an activating group) is 1. The number of carbonyl (C=O) groups excluding carboxylic acids is 1. The molecule has 1 rings (SSSR count). The Morgan fingerprint density at radius 3 is 2.85 bits per heavy atom. The average molecular weight is 188 g/mol. The summed E-state index contributed by atoms with van der Waals surface area (Å²) in [5.74, 6) is 0. The van der Waals surface area contributed by atoms with E-state index in [0.29, 0.717) is 26.2 Å². The standard InChI is InChI=1S/C8H16N2O3/c1-2-10(5-4-9)8(11)13-7-3-6-12-7/h7H,2-6,9H2,1H3/t7-/m0/s1. The zero-order valence-corrected chi connectivity index (χ0v) is 7.86. The molecule has 0 bridgehead atoms. The predicted octanol–water partition coefficient (Wildman–Crippen LogP) is 0.150. The summed E-state index contributed by atoms with van der Waals surface area (Å²) in [6.45, 7) is 4.17. The molecule has 0 spiro atoms. The van der Waals surface area contributed by atoms with Crippen LogP contribution in [0.1, 0.15) is 13.3 Å². The van der Waals surface area contributed by atoms with E-state index in [1.54, 1.807) is 4.90 Å². The van der Waals surface area contributed by atoms with Crippen molar-refractivity contribution in [3.05, 3.63) is 0 Å². The maximum absolute atomic E-state index is 11.3. The quantitative estimate of drug-likeness (QED) is 0.682. The SMILES string of the molecule is CCN(CCN)C(=O)O[C@H]1CCO1. The molecule has 1 atom stereocenters. The summed E-state index contributed by atoms with van der Waals surface area (Å²) in [5, 5.41) is 0. The van der Waals surface area contributed by atoms with E-state index in [-0.39, 0.29) is 12.4 Å². The highest BCUT2D eigenvalue weighted by Crippen LogP contribution is 2.13. The van der Waals surface area contributed by atoms with Gasteiger partial charge in [-0.2, -0.15) is 0 Å². The molecular weight excluding hydrogens is 172 g/mol. The Hall–Kier alpha value is -0.810. The number of carbonyl (C=O) groups is 1. The van der Waals surface area contributed by atoms with Crippen LogP contribution in [0.25, 0.3) is 0 Å². The third-order valence-electron chi connectivity index (χ3n) is 1.93. The van der Waals surface area contributed by atoms with Crippen LogP contribution >= 0.6 is 0 Å². The third-order valence-corrected chi connectivity index (χ3v) is 1.93. The summed E-state index contributed by atoms with van der Waals surface area (Å²) in [7, 11) is 0. The highest BCUT2D eigenvalue weighted by Gasteiger charge is 2.24. The number of hydrogen-bond donors (Lipinski definition) is 1. The average Bonchev–Trinajstić information content (AvgIpc) is 2.07. The van der Waals surface area contributed by atoms with Gasteiger partial charge in [0, 0.05) is 26.1 Å². The molecule has 2 N–H and O–H groups in total. The second-order valence-corrected chi connectivity index (χ2v) is 2.84. The molecule has 0 radical (unpaired) electrons. The van der Waals surface area contributed by atoms with Crippen LogP contribution < -0.4 is 5.73 Å². The smallest absolute Gasteiger partial charge is 0.412 e. The Kier molecular flexibility index (Phi) is 3.98. The van der Waals surface area contributed by atoms with Gasteiger partial charge in [0.2, 0.25) is 6.29 Å². The van der Waals surface area contributed by atoms with Gasteiger partial charge in [0.25, 0.3) is 0 Å². The van der Waals surface area contributed by atoms with Gasteiger partial charge in [-0.05, 0) is 6.92 Å². The maximum Gasteiger partial charge on any atom is 0.412 e. The number of hydrogen-bond acceptors (Lipinski definition) is 4. The lowest BCUT2D eigenvalue weighted by molar-refractivity contribution is -0.187. The van der Waals surface area contributed by atoms with Crippen molar-refractivity contribution in [2.24, 2.45) is 5.73 Å². The molecule has 0 aliphatic carbocycles. The topological polar surface area (TPSA) is 64.8 Å². The third kappa shape index (κ3) is 2.86. The summed E-state index contributed by atoms with van der Waals surface area (Å²) in [6.07, 6.45) is 0.128. The van der Waals surface area contributed by atoms with Crippen LogP contribution in [0, 0.1) is 0 Å². The lowest BCUT2D eigenvalue weighted by Gasteiger charge is -2.28. The van der Waals surface area contributed by atoms with Gasteiger partial charge in [-0.15, -0.1) is 0 Å². The zero-order chi connectivity index (χ0) is 9.68. The van der Waals surface area contributed by atoms with Crippen LogP contribution in [-0.4, -0.2) is 43.5 Å². The molecule has 0 saturated carbocycles. The van der Waals surface area contributed by atoms with Crippen molar-refractivity contribution in [1.29, 1.82) is 0 Å². The first-order chi connectivity index (χ1) is 6.27. The number of amides is 1. The Labute approximate surface area is 77.8 Å². The lowest BCUT2D eigenvalue weighted by Crippen LogP contribution is -2.40. The molecule has 5 heteroatoms. The van der Waals surface area contributed by atoms with Crippen LogP contribution in [-0.2, 0) is 9.47 Å². The first-order valence-corrected chi connectivity index (χ1v) is 4.55. The second kappa shape index (κ2) is 5.04. The predicted molar refractivity (Wildman–Crippen MR) is 47.1 cm³/mol. The summed E-state index contributed by atoms with van der Waals surface area (Å²) in [5.41, 5.74) is 5.34. The van der Waals surface area contributed by atoms with E-state index >= 15 is 0 Å². The van der Waals surface area contributed by atoms with E-state index < -0.39 is 0 Å². The summed E-state index contributed by atoms with van der Waals surface area (Å²) >= 11 is 0. The van der Waals surface area contributed by atoms with Crippen molar-refractivity contribution in [3.63, 3.8) is 0 Å². The molecule has 13 heavy (non-hydrogen) atoms. The fraction of sp³-hybridized carbons (Fsp3) is 0.875. The van der Waals surface area contributed by atoms with Crippen LogP contribution in [0.15, 0.2) is 0 Å². The molecule has 0 aromatic carbocycles. The molecule has 1 aliphatic rings. The first-order valence-electron chi connectivity index (χ1n) is 4.55. The minimum Gasteiger partial charge on any atom is -0.419 e. The molecule has 0 aromatic rings. The van der Waals surface area contributed by atoms with Gasteiger partial charge < -0.3 is 20.1 Å². The highest BCUT2D eigenvalue weighted by molar-refractivity contribution is 5.67. The normalized spacial score (nSPS) is 20.6. The van der Waals surface area contributed by atoms with E-state index in [0.717, 1.165) is 6.42 Å². The Bertz CT molecular complexity index is 171. The lowest BCUT2D eigenvalue weighted by atomic mass is 10.3. The van der Waals surface area contributed by atoms with E-state index in [1.165, 1.54) is 0 Å². The van der Waals surface area contributed by atoms with E-state index in [1.807, 2.05) is 6.92 Å². The molecule has 76 valence electrons. The van der Waals surface area contributed by atoms with Crippen LogP contribution in [0.4, 0.5) is 4.79 Å². The molecule has 1 heterocycles. The van der Waals surface area contributed by atoms with E-state index in [9.17, 15) is 4.79 Å². The first kappa shape index (κ1) is 10.3. The van der Waals surface area contributed by atoms with Crippen molar-refractivity contribution in [2.75, 3.05) is 26.2 Å². The largest absolute Gasteiger partial charge is 0.419 e. The van der Waals surface area contributed by atoms with Gasteiger partial charge >= 0.3 is 6.09 Å². The number of nitrogens with zero attached hydrogens (tertiary/aromatic N) is 1. The summed E-state index contributed by atoms with van der Waals surface area (Å²) in [6, 6.07) is 0. The highest BCUT2D eigenvalue weighted by atomic mass is 16.7. The molecule has 0 unspecified atom stereocenters. The fourth-order valence-corrected chi connectivity index (χ4v) is 1.03. The van der Waals surface area contributed by atoms with Gasteiger partial charge in [-0.3, -0.25) is 0 Å². The van der Waals surface area contributed by atoms with Crippen LogP contribution in [0.2, 0.25) is 0 Å². The molecule has 1 aliphatic heterocycles. The van der Waals surface area contributed by atoms with Crippen LogP contribution in [0.5, 0.6) is 0 Å². The fourth-order valence-electron chi connectivity index (χ4n) is 1.03. The van der Waals surface area contributed by atoms with Gasteiger partial charge in [-0.25, -0.2) is 4.79 Å². The van der Waals surface area contributed by atoms with Crippen molar-refractivity contribution in [2.45, 2.75) is 19.6 Å². The molecule has 0 aromatic heterocycles. The van der Waals surface area contributed by atoms with Crippen molar-refractivity contribution < 1.29 is 14.3 Å². The number of ether oxygens (including phenoxy) is 2. The molecule has 1 amide bonds. The molecule has 1 saturated heterocycles. The van der Waals surface area contributed by atoms with Gasteiger partial charge in [0.05, 0.1) is 6.61 Å². The van der Waals surface area contributed by atoms with E-state index in [4.69, 9.17) is 15.2 Å². The molecular formula is C8H16N2O3. The van der Waals surface area contributed by atoms with Crippen molar-refractivity contribution in [3.8, 4) is 0 Å². The molecule has 5 nitrogen and oxygen atoms in total. The Balaban J connectivity index is 2.25. The van der Waals surface area contributed by atoms with Crippen molar-refractivity contribution in [1.82, 2.24) is 4.90 Å². The maximum atomic E-state index is 11.3. The van der Waals surface area contributed by atoms with Gasteiger partial charge in [0.15, 0.2) is 0 Å². The van der Waals surface area contributed by atoms with Gasteiger partial charge in [0.1, 0.15) is 0 Å². The number of rotatable bonds is 4. The second-order valence-electron chi connectivity index (χ2n) is 2.84. The Morgan fingerprint density at radius 1 is 1.77 bits per heavy atom. The van der Waals surface area contributed by atoms with E-state index in [2.05, 4.69) is 0 Å². The minimum atomic E-state index is -0.336. The number of nitrogens with two attached hydrogens (primary N) is 1. The minimum absolute atomic E-state index is 0.334.